The molecule has 2 aliphatic rings. The van der Waals surface area contributed by atoms with E-state index in [9.17, 15) is 4.79 Å². The number of likely N-dealkylation sites (tertiary alicyclic amines) is 1. The van der Waals surface area contributed by atoms with Crippen molar-refractivity contribution in [3.63, 3.8) is 0 Å². The minimum Gasteiger partial charge on any atom is -0.465 e. The Kier molecular flexibility index (Phi) is 5.13. The molecule has 140 valence electrons. The summed E-state index contributed by atoms with van der Waals surface area (Å²) in [6, 6.07) is 8.52. The zero-order valence-electron chi connectivity index (χ0n) is 15.0. The largest absolute Gasteiger partial charge is 0.465 e. The van der Waals surface area contributed by atoms with Crippen LogP contribution in [0.4, 0.5) is 4.79 Å². The Hall–Kier alpha value is -2.05. The summed E-state index contributed by atoms with van der Waals surface area (Å²) in [6.07, 6.45) is 4.36. The van der Waals surface area contributed by atoms with Gasteiger partial charge in [0, 0.05) is 36.7 Å². The smallest absolute Gasteiger partial charge is 0.407 e. The fourth-order valence-corrected chi connectivity index (χ4v) is 4.15. The van der Waals surface area contributed by atoms with Gasteiger partial charge in [0.1, 0.15) is 0 Å². The average molecular weight is 358 g/mol. The number of rotatable bonds is 4. The first-order valence-corrected chi connectivity index (χ1v) is 9.47. The number of hydrogen-bond donors (Lipinski definition) is 1. The standard InChI is InChI=1S/C20H26N2O4/c23-20(24)21-8-5-15(6-9-21)18-13-22(19-4-2-1-3-17(18)19)10-7-16-14-25-11-12-26-16/h1-4,13,15-16H,5-12,14H2,(H,23,24). The molecule has 1 N–H and O–H groups in total. The second kappa shape index (κ2) is 7.68. The van der Waals surface area contributed by atoms with Gasteiger partial charge in [-0.3, -0.25) is 0 Å². The molecule has 6 nitrogen and oxygen atoms in total. The molecule has 1 aromatic carbocycles. The van der Waals surface area contributed by atoms with Crippen molar-refractivity contribution >= 4 is 17.0 Å². The first kappa shape index (κ1) is 17.4. The van der Waals surface area contributed by atoms with E-state index in [2.05, 4.69) is 35.0 Å². The second-order valence-electron chi connectivity index (χ2n) is 7.20. The fraction of sp³-hybridized carbons (Fsp3) is 0.550. The summed E-state index contributed by atoms with van der Waals surface area (Å²) in [7, 11) is 0. The van der Waals surface area contributed by atoms with E-state index in [0.717, 1.165) is 25.8 Å². The van der Waals surface area contributed by atoms with Gasteiger partial charge in [-0.2, -0.15) is 0 Å². The Morgan fingerprint density at radius 3 is 2.73 bits per heavy atom. The molecule has 0 saturated carbocycles. The summed E-state index contributed by atoms with van der Waals surface area (Å²) in [5, 5.41) is 10.5. The molecule has 1 unspecified atom stereocenters. The molecule has 1 atom stereocenters. The lowest BCUT2D eigenvalue weighted by Crippen LogP contribution is -2.36. The van der Waals surface area contributed by atoms with Gasteiger partial charge in [0.25, 0.3) is 0 Å². The summed E-state index contributed by atoms with van der Waals surface area (Å²) in [4.78, 5) is 12.7. The van der Waals surface area contributed by atoms with Crippen LogP contribution in [0, 0.1) is 0 Å². The van der Waals surface area contributed by atoms with E-state index in [4.69, 9.17) is 14.6 Å². The third kappa shape index (κ3) is 3.57. The lowest BCUT2D eigenvalue weighted by molar-refractivity contribution is -0.0916. The van der Waals surface area contributed by atoms with Gasteiger partial charge in [-0.05, 0) is 36.8 Å². The highest BCUT2D eigenvalue weighted by atomic mass is 16.6. The highest BCUT2D eigenvalue weighted by molar-refractivity contribution is 5.84. The van der Waals surface area contributed by atoms with Gasteiger partial charge in [-0.25, -0.2) is 4.79 Å². The molecule has 2 aliphatic heterocycles. The lowest BCUT2D eigenvalue weighted by Gasteiger charge is -2.29. The molecular formula is C20H26N2O4. The van der Waals surface area contributed by atoms with Gasteiger partial charge < -0.3 is 24.0 Å². The molecular weight excluding hydrogens is 332 g/mol. The fourth-order valence-electron chi connectivity index (χ4n) is 4.15. The van der Waals surface area contributed by atoms with Crippen molar-refractivity contribution in [2.75, 3.05) is 32.9 Å². The van der Waals surface area contributed by atoms with Crippen molar-refractivity contribution in [3.8, 4) is 0 Å². The van der Waals surface area contributed by atoms with E-state index in [1.807, 2.05) is 0 Å². The second-order valence-corrected chi connectivity index (χ2v) is 7.20. The topological polar surface area (TPSA) is 63.9 Å². The number of benzene rings is 1. The van der Waals surface area contributed by atoms with Crippen LogP contribution < -0.4 is 0 Å². The van der Waals surface area contributed by atoms with Gasteiger partial charge in [0.05, 0.1) is 25.9 Å². The van der Waals surface area contributed by atoms with Crippen LogP contribution >= 0.6 is 0 Å². The molecule has 0 radical (unpaired) electrons. The SMILES string of the molecule is O=C(O)N1CCC(c2cn(CCC3COCCO3)c3ccccc23)CC1. The molecule has 2 fully saturated rings. The minimum atomic E-state index is -0.805. The number of fused-ring (bicyclic) bond motifs is 1. The number of piperidine rings is 1. The number of ether oxygens (including phenoxy) is 2. The molecule has 1 amide bonds. The number of para-hydroxylation sites is 1. The van der Waals surface area contributed by atoms with Crippen molar-refractivity contribution in [3.05, 3.63) is 36.0 Å². The molecule has 2 aromatic rings. The molecule has 1 aromatic heterocycles. The highest BCUT2D eigenvalue weighted by Gasteiger charge is 2.26. The van der Waals surface area contributed by atoms with Crippen LogP contribution in [0.15, 0.2) is 30.5 Å². The predicted molar refractivity (Wildman–Crippen MR) is 98.7 cm³/mol. The van der Waals surface area contributed by atoms with Crippen LogP contribution in [-0.4, -0.2) is 59.7 Å². The van der Waals surface area contributed by atoms with Gasteiger partial charge in [0.2, 0.25) is 0 Å². The number of amides is 1. The van der Waals surface area contributed by atoms with Crippen LogP contribution in [0.5, 0.6) is 0 Å². The summed E-state index contributed by atoms with van der Waals surface area (Å²) < 4.78 is 13.6. The Balaban J connectivity index is 1.51. The van der Waals surface area contributed by atoms with Crippen LogP contribution in [-0.2, 0) is 16.0 Å². The quantitative estimate of drug-likeness (QED) is 0.911. The number of nitrogens with zero attached hydrogens (tertiary/aromatic N) is 2. The van der Waals surface area contributed by atoms with E-state index in [1.165, 1.54) is 21.4 Å². The zero-order chi connectivity index (χ0) is 17.9. The van der Waals surface area contributed by atoms with E-state index < -0.39 is 6.09 Å². The molecule has 3 heterocycles. The third-order valence-corrected chi connectivity index (χ3v) is 5.60. The Morgan fingerprint density at radius 1 is 1.19 bits per heavy atom. The Morgan fingerprint density at radius 2 is 2.00 bits per heavy atom. The first-order valence-electron chi connectivity index (χ1n) is 9.47. The van der Waals surface area contributed by atoms with E-state index >= 15 is 0 Å². The number of aryl methyl sites for hydroxylation is 1. The average Bonchev–Trinajstić information content (AvgIpc) is 3.06. The van der Waals surface area contributed by atoms with Crippen molar-refractivity contribution in [2.45, 2.75) is 37.8 Å². The zero-order valence-corrected chi connectivity index (χ0v) is 15.0. The maximum Gasteiger partial charge on any atom is 0.407 e. The van der Waals surface area contributed by atoms with Crippen molar-refractivity contribution in [2.24, 2.45) is 0 Å². The van der Waals surface area contributed by atoms with Gasteiger partial charge >= 0.3 is 6.09 Å². The number of hydrogen-bond acceptors (Lipinski definition) is 3. The van der Waals surface area contributed by atoms with Crippen molar-refractivity contribution in [1.82, 2.24) is 9.47 Å². The third-order valence-electron chi connectivity index (χ3n) is 5.60. The number of carboxylic acid groups (broad SMARTS) is 1. The maximum atomic E-state index is 11.1. The van der Waals surface area contributed by atoms with Gasteiger partial charge in [0.15, 0.2) is 0 Å². The molecule has 4 rings (SSSR count). The maximum absolute atomic E-state index is 11.1. The predicted octanol–water partition coefficient (Wildman–Crippen LogP) is 3.30. The van der Waals surface area contributed by atoms with Crippen LogP contribution in [0.25, 0.3) is 10.9 Å². The molecule has 2 saturated heterocycles. The van der Waals surface area contributed by atoms with Crippen molar-refractivity contribution < 1.29 is 19.4 Å². The van der Waals surface area contributed by atoms with E-state index in [1.54, 1.807) is 0 Å². The summed E-state index contributed by atoms with van der Waals surface area (Å²) in [6.45, 7) is 4.20. The van der Waals surface area contributed by atoms with Crippen LogP contribution in [0.2, 0.25) is 0 Å². The molecule has 0 bridgehead atoms. The summed E-state index contributed by atoms with van der Waals surface area (Å²) in [5.74, 6) is 0.422. The molecule has 0 spiro atoms. The van der Waals surface area contributed by atoms with Gasteiger partial charge in [-0.15, -0.1) is 0 Å². The summed E-state index contributed by atoms with van der Waals surface area (Å²) >= 11 is 0. The highest BCUT2D eigenvalue weighted by Crippen LogP contribution is 2.34. The lowest BCUT2D eigenvalue weighted by atomic mass is 9.89. The van der Waals surface area contributed by atoms with E-state index in [-0.39, 0.29) is 6.10 Å². The number of carbonyl (C=O) groups is 1. The van der Waals surface area contributed by atoms with Crippen LogP contribution in [0.1, 0.15) is 30.7 Å². The normalized spacial score (nSPS) is 22.0. The number of aromatic nitrogens is 1. The van der Waals surface area contributed by atoms with Crippen molar-refractivity contribution in [1.29, 1.82) is 0 Å². The molecule has 26 heavy (non-hydrogen) atoms. The minimum absolute atomic E-state index is 0.173. The van der Waals surface area contributed by atoms with Crippen LogP contribution in [0.3, 0.4) is 0 Å². The van der Waals surface area contributed by atoms with E-state index in [0.29, 0.717) is 38.8 Å². The summed E-state index contributed by atoms with van der Waals surface area (Å²) in [5.41, 5.74) is 2.60. The molecule has 0 aliphatic carbocycles. The van der Waals surface area contributed by atoms with Gasteiger partial charge in [-0.1, -0.05) is 18.2 Å². The molecule has 6 heteroatoms. The monoisotopic (exact) mass is 358 g/mol. The Bertz CT molecular complexity index is 758. The Labute approximate surface area is 153 Å². The first-order chi connectivity index (χ1) is 12.7.